The van der Waals surface area contributed by atoms with Crippen molar-refractivity contribution in [3.63, 3.8) is 0 Å². The van der Waals surface area contributed by atoms with Crippen LogP contribution < -0.4 is 24.4 Å². The Balaban J connectivity index is 1.94. The Kier molecular flexibility index (Phi) is 7.32. The Labute approximate surface area is 214 Å². The van der Waals surface area contributed by atoms with Crippen LogP contribution in [0, 0.1) is 0 Å². The number of nitrogens with zero attached hydrogens (tertiary/aromatic N) is 2. The normalized spacial score (nSPS) is 15.7. The molecule has 0 amide bonds. The van der Waals surface area contributed by atoms with Gasteiger partial charge in [0, 0.05) is 6.08 Å². The van der Waals surface area contributed by atoms with E-state index in [4.69, 9.17) is 18.6 Å². The summed E-state index contributed by atoms with van der Waals surface area (Å²) in [5.74, 6) is 1.07. The van der Waals surface area contributed by atoms with Crippen LogP contribution in [0.3, 0.4) is 0 Å². The number of hydrogen-bond acceptors (Lipinski definition) is 8. The van der Waals surface area contributed by atoms with Gasteiger partial charge in [0.25, 0.3) is 5.56 Å². The molecular weight excluding hydrogens is 536 g/mol. The zero-order valence-corrected chi connectivity index (χ0v) is 22.4. The minimum absolute atomic E-state index is 0.0497. The number of benzene rings is 1. The quantitative estimate of drug-likeness (QED) is 0.406. The first kappa shape index (κ1) is 25.0. The molecule has 0 fully saturated rings. The van der Waals surface area contributed by atoms with Crippen molar-refractivity contribution in [2.45, 2.75) is 39.8 Å². The molecule has 0 saturated carbocycles. The van der Waals surface area contributed by atoms with Crippen LogP contribution in [-0.4, -0.2) is 30.4 Å². The summed E-state index contributed by atoms with van der Waals surface area (Å²) in [5.41, 5.74) is 1.17. The number of rotatable bonds is 7. The van der Waals surface area contributed by atoms with Crippen LogP contribution in [0.2, 0.25) is 0 Å². The predicted octanol–water partition coefficient (Wildman–Crippen LogP) is 3.95. The number of ether oxygens (including phenoxy) is 3. The van der Waals surface area contributed by atoms with Gasteiger partial charge < -0.3 is 18.6 Å². The summed E-state index contributed by atoms with van der Waals surface area (Å²) in [6.07, 6.45) is 1.61. The zero-order valence-electron chi connectivity index (χ0n) is 20.0. The van der Waals surface area contributed by atoms with Gasteiger partial charge in [-0.05, 0) is 73.5 Å². The van der Waals surface area contributed by atoms with E-state index in [9.17, 15) is 9.59 Å². The van der Waals surface area contributed by atoms with E-state index in [1.807, 2.05) is 19.9 Å². The van der Waals surface area contributed by atoms with Gasteiger partial charge in [-0.1, -0.05) is 17.4 Å². The molecule has 1 aliphatic rings. The fourth-order valence-electron chi connectivity index (χ4n) is 3.85. The molecule has 10 heteroatoms. The number of fused-ring (bicyclic) bond motifs is 1. The van der Waals surface area contributed by atoms with E-state index in [1.165, 1.54) is 15.9 Å². The topological polar surface area (TPSA) is 92.3 Å². The number of furan rings is 1. The van der Waals surface area contributed by atoms with E-state index in [0.717, 1.165) is 0 Å². The van der Waals surface area contributed by atoms with Gasteiger partial charge in [0.15, 0.2) is 21.0 Å². The molecule has 2 aromatic heterocycles. The summed E-state index contributed by atoms with van der Waals surface area (Å²) in [6, 6.07) is 8.14. The number of esters is 1. The second-order valence-corrected chi connectivity index (χ2v) is 9.81. The highest BCUT2D eigenvalue weighted by Gasteiger charge is 2.34. The van der Waals surface area contributed by atoms with Gasteiger partial charge in [-0.15, -0.1) is 0 Å². The van der Waals surface area contributed by atoms with Crippen LogP contribution in [0.5, 0.6) is 11.5 Å². The van der Waals surface area contributed by atoms with Gasteiger partial charge in [0.2, 0.25) is 0 Å². The Morgan fingerprint density at radius 1 is 1.29 bits per heavy atom. The molecular formula is C25H25BrN2O6S. The minimum Gasteiger partial charge on any atom is -0.493 e. The lowest BCUT2D eigenvalue weighted by molar-refractivity contribution is -0.139. The van der Waals surface area contributed by atoms with Crippen LogP contribution in [0.1, 0.15) is 45.1 Å². The average Bonchev–Trinajstić information content (AvgIpc) is 3.35. The van der Waals surface area contributed by atoms with Crippen LogP contribution >= 0.6 is 27.3 Å². The average molecular weight is 561 g/mol. The standard InChI is InChI=1S/C25H25BrN2O6S/c1-6-32-24(30)21-14(4)27-25-28(23(29)19(35-25)12-16-8-10-20(26)34-16)22(21)15-7-9-17(33-13(2)3)18(11-15)31-5/h7-13,22H,6H2,1-5H3. The maximum Gasteiger partial charge on any atom is 0.338 e. The monoisotopic (exact) mass is 560 g/mol. The largest absolute Gasteiger partial charge is 0.493 e. The van der Waals surface area contributed by atoms with Crippen molar-refractivity contribution in [1.29, 1.82) is 0 Å². The molecule has 4 rings (SSSR count). The molecule has 184 valence electrons. The van der Waals surface area contributed by atoms with E-state index < -0.39 is 12.0 Å². The highest BCUT2D eigenvalue weighted by molar-refractivity contribution is 9.10. The number of methoxy groups -OCH3 is 1. The summed E-state index contributed by atoms with van der Waals surface area (Å²) in [5, 5.41) is 0. The van der Waals surface area contributed by atoms with E-state index in [1.54, 1.807) is 51.3 Å². The lowest BCUT2D eigenvalue weighted by Gasteiger charge is -2.25. The fourth-order valence-corrected chi connectivity index (χ4v) is 5.19. The van der Waals surface area contributed by atoms with Gasteiger partial charge in [-0.25, -0.2) is 9.79 Å². The maximum absolute atomic E-state index is 13.6. The molecule has 0 aliphatic carbocycles. The summed E-state index contributed by atoms with van der Waals surface area (Å²) in [7, 11) is 1.55. The zero-order chi connectivity index (χ0) is 25.3. The second kappa shape index (κ2) is 10.2. The highest BCUT2D eigenvalue weighted by atomic mass is 79.9. The molecule has 0 N–H and O–H groups in total. The summed E-state index contributed by atoms with van der Waals surface area (Å²) in [6.45, 7) is 7.53. The lowest BCUT2D eigenvalue weighted by Crippen LogP contribution is -2.40. The lowest BCUT2D eigenvalue weighted by atomic mass is 9.95. The second-order valence-electron chi connectivity index (χ2n) is 8.02. The molecule has 1 atom stereocenters. The van der Waals surface area contributed by atoms with Crippen molar-refractivity contribution < 1.29 is 23.4 Å². The van der Waals surface area contributed by atoms with Crippen molar-refractivity contribution in [3.05, 3.63) is 77.3 Å². The van der Waals surface area contributed by atoms with Crippen LogP contribution in [-0.2, 0) is 9.53 Å². The number of halogens is 1. The maximum atomic E-state index is 13.6. The van der Waals surface area contributed by atoms with Crippen molar-refractivity contribution in [2.24, 2.45) is 4.99 Å². The first-order valence-electron chi connectivity index (χ1n) is 11.0. The predicted molar refractivity (Wildman–Crippen MR) is 136 cm³/mol. The molecule has 0 spiro atoms. The summed E-state index contributed by atoms with van der Waals surface area (Å²) >= 11 is 4.50. The van der Waals surface area contributed by atoms with Crippen LogP contribution in [0.25, 0.3) is 6.08 Å². The van der Waals surface area contributed by atoms with Gasteiger partial charge in [-0.2, -0.15) is 0 Å². The fraction of sp³-hybridized carbons (Fsp3) is 0.320. The smallest absolute Gasteiger partial charge is 0.338 e. The summed E-state index contributed by atoms with van der Waals surface area (Å²) < 4.78 is 24.8. The van der Waals surface area contributed by atoms with Gasteiger partial charge in [-0.3, -0.25) is 9.36 Å². The molecule has 3 heterocycles. The Morgan fingerprint density at radius 2 is 2.06 bits per heavy atom. The highest BCUT2D eigenvalue weighted by Crippen LogP contribution is 2.36. The minimum atomic E-state index is -0.752. The number of allylic oxidation sites excluding steroid dienone is 1. The SMILES string of the molecule is CCOC(=O)C1=C(C)N=c2sc(=Cc3ccc(Br)o3)c(=O)n2C1c1ccc(OC(C)C)c(OC)c1. The number of hydrogen-bond donors (Lipinski definition) is 0. The van der Waals surface area contributed by atoms with Crippen LogP contribution in [0.4, 0.5) is 0 Å². The summed E-state index contributed by atoms with van der Waals surface area (Å²) in [4.78, 5) is 31.7. The van der Waals surface area contributed by atoms with Crippen molar-refractivity contribution in [2.75, 3.05) is 13.7 Å². The van der Waals surface area contributed by atoms with Crippen LogP contribution in [0.15, 0.2) is 60.5 Å². The van der Waals surface area contributed by atoms with Crippen molar-refractivity contribution in [1.82, 2.24) is 4.57 Å². The van der Waals surface area contributed by atoms with E-state index in [0.29, 0.717) is 48.1 Å². The van der Waals surface area contributed by atoms with Crippen molar-refractivity contribution >= 4 is 39.3 Å². The number of carbonyl (C=O) groups excluding carboxylic acids is 1. The first-order valence-corrected chi connectivity index (χ1v) is 12.6. The van der Waals surface area contributed by atoms with Gasteiger partial charge in [0.1, 0.15) is 5.76 Å². The number of carbonyl (C=O) groups is 1. The van der Waals surface area contributed by atoms with Gasteiger partial charge in [0.05, 0.1) is 41.7 Å². The third-order valence-corrected chi connectivity index (χ3v) is 6.66. The van der Waals surface area contributed by atoms with Crippen molar-refractivity contribution in [3.8, 4) is 11.5 Å². The Hall–Kier alpha value is -3.11. The third-order valence-electron chi connectivity index (χ3n) is 5.25. The number of aromatic nitrogens is 1. The molecule has 35 heavy (non-hydrogen) atoms. The molecule has 1 unspecified atom stereocenters. The first-order chi connectivity index (χ1) is 16.7. The van der Waals surface area contributed by atoms with E-state index >= 15 is 0 Å². The van der Waals surface area contributed by atoms with E-state index in [2.05, 4.69) is 20.9 Å². The molecule has 8 nitrogen and oxygen atoms in total. The molecule has 0 bridgehead atoms. The van der Waals surface area contributed by atoms with E-state index in [-0.39, 0.29) is 18.3 Å². The molecule has 3 aromatic rings. The number of thiazole rings is 1. The molecule has 1 aromatic carbocycles. The Bertz CT molecular complexity index is 1480. The molecule has 1 aliphatic heterocycles. The third kappa shape index (κ3) is 4.99. The molecule has 0 radical (unpaired) electrons. The van der Waals surface area contributed by atoms with Gasteiger partial charge >= 0.3 is 5.97 Å². The Morgan fingerprint density at radius 3 is 2.69 bits per heavy atom. The molecule has 0 saturated heterocycles.